The topological polar surface area (TPSA) is 85.1 Å². The van der Waals surface area contributed by atoms with Crippen molar-refractivity contribution in [2.24, 2.45) is 13.0 Å². The van der Waals surface area contributed by atoms with E-state index in [9.17, 15) is 9.59 Å². The Morgan fingerprint density at radius 3 is 2.55 bits per heavy atom. The quantitative estimate of drug-likeness (QED) is 0.803. The zero-order valence-corrected chi connectivity index (χ0v) is 18.1. The van der Waals surface area contributed by atoms with Crippen LogP contribution in [-0.4, -0.2) is 38.6 Å². The maximum atomic E-state index is 12.8. The Labute approximate surface area is 171 Å². The van der Waals surface area contributed by atoms with Crippen LogP contribution in [0.1, 0.15) is 56.1 Å². The first-order valence-electron chi connectivity index (χ1n) is 10.4. The first-order chi connectivity index (χ1) is 13.8. The van der Waals surface area contributed by atoms with Crippen molar-refractivity contribution in [2.45, 2.75) is 59.5 Å². The van der Waals surface area contributed by atoms with Crippen LogP contribution >= 0.6 is 0 Å². The number of rotatable bonds is 6. The lowest BCUT2D eigenvalue weighted by atomic mass is 9.94. The summed E-state index contributed by atoms with van der Waals surface area (Å²) in [6, 6.07) is 1.59. The molecule has 1 atom stereocenters. The minimum atomic E-state index is -0.0692. The van der Waals surface area contributed by atoms with Crippen LogP contribution in [0.5, 0.6) is 0 Å². The van der Waals surface area contributed by atoms with Crippen molar-refractivity contribution in [1.29, 1.82) is 0 Å². The summed E-state index contributed by atoms with van der Waals surface area (Å²) < 4.78 is 3.35. The van der Waals surface area contributed by atoms with Gasteiger partial charge in [-0.1, -0.05) is 6.92 Å². The zero-order chi connectivity index (χ0) is 21.1. The Hall–Kier alpha value is -2.64. The highest BCUT2D eigenvalue weighted by Gasteiger charge is 2.27. The number of nitrogens with one attached hydrogen (secondary N) is 1. The summed E-state index contributed by atoms with van der Waals surface area (Å²) >= 11 is 0. The largest absolute Gasteiger partial charge is 0.370 e. The van der Waals surface area contributed by atoms with Crippen molar-refractivity contribution in [3.63, 3.8) is 0 Å². The van der Waals surface area contributed by atoms with E-state index in [2.05, 4.69) is 20.4 Å². The third kappa shape index (κ3) is 4.52. The number of anilines is 1. The standard InChI is InChI=1S/C21H32N6O2/c1-6-9-27-19(28)12-18(13-22-27)26-10-7-17(8-11-26)21(29)23-14(2)20-15(3)24-25(5)16(20)4/h12-14,17H,6-11H2,1-5H3,(H,23,29). The van der Waals surface area contributed by atoms with Crippen LogP contribution in [0.3, 0.4) is 0 Å². The summed E-state index contributed by atoms with van der Waals surface area (Å²) in [5, 5.41) is 11.9. The summed E-state index contributed by atoms with van der Waals surface area (Å²) in [4.78, 5) is 27.1. The fraction of sp³-hybridized carbons (Fsp3) is 0.619. The SMILES string of the molecule is CCCn1ncc(N2CCC(C(=O)NC(C)c3c(C)nn(C)c3C)CC2)cc1=O. The number of piperidine rings is 1. The lowest BCUT2D eigenvalue weighted by molar-refractivity contribution is -0.126. The molecular formula is C21H32N6O2. The molecule has 1 saturated heterocycles. The highest BCUT2D eigenvalue weighted by atomic mass is 16.2. The molecule has 158 valence electrons. The normalized spacial score (nSPS) is 16.1. The number of aryl methyl sites for hydroxylation is 3. The van der Waals surface area contributed by atoms with Crippen molar-refractivity contribution in [3.8, 4) is 0 Å². The van der Waals surface area contributed by atoms with Crippen molar-refractivity contribution in [1.82, 2.24) is 24.9 Å². The minimum Gasteiger partial charge on any atom is -0.370 e. The Balaban J connectivity index is 1.58. The number of hydrogen-bond donors (Lipinski definition) is 1. The van der Waals surface area contributed by atoms with Crippen molar-refractivity contribution >= 4 is 11.6 Å². The van der Waals surface area contributed by atoms with Crippen LogP contribution in [0.2, 0.25) is 0 Å². The number of carbonyl (C=O) groups is 1. The number of aromatic nitrogens is 4. The molecule has 0 aliphatic carbocycles. The third-order valence-electron chi connectivity index (χ3n) is 5.88. The van der Waals surface area contributed by atoms with E-state index in [-0.39, 0.29) is 23.4 Å². The molecule has 1 aliphatic heterocycles. The molecule has 1 N–H and O–H groups in total. The van der Waals surface area contributed by atoms with Crippen LogP contribution < -0.4 is 15.8 Å². The van der Waals surface area contributed by atoms with Crippen LogP contribution in [-0.2, 0) is 18.4 Å². The summed E-state index contributed by atoms with van der Waals surface area (Å²) in [7, 11) is 1.92. The van der Waals surface area contributed by atoms with Crippen LogP contribution in [0, 0.1) is 19.8 Å². The van der Waals surface area contributed by atoms with Gasteiger partial charge >= 0.3 is 0 Å². The van der Waals surface area contributed by atoms with Gasteiger partial charge in [-0.3, -0.25) is 14.3 Å². The Kier molecular flexibility index (Phi) is 6.39. The van der Waals surface area contributed by atoms with Crippen LogP contribution in [0.15, 0.2) is 17.1 Å². The predicted molar refractivity (Wildman–Crippen MR) is 113 cm³/mol. The highest BCUT2D eigenvalue weighted by molar-refractivity contribution is 5.79. The predicted octanol–water partition coefficient (Wildman–Crippen LogP) is 2.10. The van der Waals surface area contributed by atoms with Crippen LogP contribution in [0.4, 0.5) is 5.69 Å². The van der Waals surface area contributed by atoms with Gasteiger partial charge in [0.15, 0.2) is 0 Å². The van der Waals surface area contributed by atoms with Gasteiger partial charge in [0.25, 0.3) is 5.56 Å². The number of amides is 1. The lowest BCUT2D eigenvalue weighted by Crippen LogP contribution is -2.41. The van der Waals surface area contributed by atoms with Gasteiger partial charge in [-0.25, -0.2) is 4.68 Å². The molecule has 2 aromatic rings. The smallest absolute Gasteiger partial charge is 0.268 e. The van der Waals surface area contributed by atoms with E-state index in [1.807, 2.05) is 39.4 Å². The fourth-order valence-corrected chi connectivity index (χ4v) is 4.20. The molecular weight excluding hydrogens is 368 g/mol. The van der Waals surface area contributed by atoms with Gasteiger partial charge in [0.2, 0.25) is 5.91 Å². The molecule has 2 aromatic heterocycles. The van der Waals surface area contributed by atoms with Gasteiger partial charge in [-0.15, -0.1) is 0 Å². The van der Waals surface area contributed by atoms with Gasteiger partial charge < -0.3 is 10.2 Å². The molecule has 29 heavy (non-hydrogen) atoms. The molecule has 1 aliphatic rings. The van der Waals surface area contributed by atoms with Gasteiger partial charge in [0.1, 0.15) is 0 Å². The van der Waals surface area contributed by atoms with Crippen molar-refractivity contribution in [2.75, 3.05) is 18.0 Å². The molecule has 0 saturated carbocycles. The van der Waals surface area contributed by atoms with E-state index < -0.39 is 0 Å². The van der Waals surface area contributed by atoms with Gasteiger partial charge in [0, 0.05) is 49.9 Å². The highest BCUT2D eigenvalue weighted by Crippen LogP contribution is 2.25. The maximum Gasteiger partial charge on any atom is 0.268 e. The van der Waals surface area contributed by atoms with Crippen molar-refractivity contribution in [3.05, 3.63) is 39.6 Å². The first kappa shape index (κ1) is 21.1. The molecule has 0 spiro atoms. The zero-order valence-electron chi connectivity index (χ0n) is 18.1. The number of carbonyl (C=O) groups excluding carboxylic acids is 1. The van der Waals surface area contributed by atoms with Gasteiger partial charge in [0.05, 0.1) is 23.6 Å². The Bertz CT molecular complexity index is 924. The summed E-state index contributed by atoms with van der Waals surface area (Å²) in [5.74, 6) is 0.0793. The second kappa shape index (κ2) is 8.80. The minimum absolute atomic E-state index is 0.0144. The fourth-order valence-electron chi connectivity index (χ4n) is 4.20. The third-order valence-corrected chi connectivity index (χ3v) is 5.88. The summed E-state index contributed by atoms with van der Waals surface area (Å²) in [6.07, 6.45) is 4.17. The second-order valence-electron chi connectivity index (χ2n) is 7.97. The Morgan fingerprint density at radius 2 is 2.00 bits per heavy atom. The Morgan fingerprint density at radius 1 is 1.31 bits per heavy atom. The van der Waals surface area contributed by atoms with Gasteiger partial charge in [-0.2, -0.15) is 10.2 Å². The van der Waals surface area contributed by atoms with E-state index in [0.29, 0.717) is 6.54 Å². The molecule has 0 bridgehead atoms. The van der Waals surface area contributed by atoms with E-state index in [1.165, 1.54) is 4.68 Å². The van der Waals surface area contributed by atoms with E-state index in [4.69, 9.17) is 0 Å². The van der Waals surface area contributed by atoms with Gasteiger partial charge in [-0.05, 0) is 40.0 Å². The maximum absolute atomic E-state index is 12.8. The molecule has 1 unspecified atom stereocenters. The van der Waals surface area contributed by atoms with E-state index in [1.54, 1.807) is 12.3 Å². The number of nitrogens with zero attached hydrogens (tertiary/aromatic N) is 5. The second-order valence-corrected chi connectivity index (χ2v) is 7.97. The molecule has 3 rings (SSSR count). The number of hydrogen-bond acceptors (Lipinski definition) is 5. The van der Waals surface area contributed by atoms with E-state index >= 15 is 0 Å². The molecule has 8 heteroatoms. The average molecular weight is 401 g/mol. The summed E-state index contributed by atoms with van der Waals surface area (Å²) in [6.45, 7) is 10.2. The van der Waals surface area contributed by atoms with Crippen molar-refractivity contribution < 1.29 is 4.79 Å². The molecule has 8 nitrogen and oxygen atoms in total. The molecule has 1 amide bonds. The monoisotopic (exact) mass is 400 g/mol. The molecule has 0 aromatic carbocycles. The van der Waals surface area contributed by atoms with E-state index in [0.717, 1.165) is 55.0 Å². The lowest BCUT2D eigenvalue weighted by Gasteiger charge is -2.33. The average Bonchev–Trinajstić information content (AvgIpc) is 2.95. The summed E-state index contributed by atoms with van der Waals surface area (Å²) in [5.41, 5.74) is 3.90. The first-order valence-corrected chi connectivity index (χ1v) is 10.4. The molecule has 0 radical (unpaired) electrons. The molecule has 3 heterocycles. The molecule has 1 fully saturated rings. The van der Waals surface area contributed by atoms with Crippen LogP contribution in [0.25, 0.3) is 0 Å².